The number of benzene rings is 2. The maximum Gasteiger partial charge on any atom is 0.147 e. The van der Waals surface area contributed by atoms with Gasteiger partial charge in [0.25, 0.3) is 0 Å². The van der Waals surface area contributed by atoms with Crippen LogP contribution in [0.5, 0.6) is 0 Å². The molecule has 19 heavy (non-hydrogen) atoms. The molecule has 0 heterocycles. The maximum absolute atomic E-state index is 13.9. The summed E-state index contributed by atoms with van der Waals surface area (Å²) >= 11 is 0. The largest absolute Gasteiger partial charge is 0.368 e. The van der Waals surface area contributed by atoms with Gasteiger partial charge in [0.2, 0.25) is 0 Å². The Morgan fingerprint density at radius 1 is 1.21 bits per heavy atom. The minimum atomic E-state index is -0.366. The highest BCUT2D eigenvalue weighted by Crippen LogP contribution is 2.21. The predicted molar refractivity (Wildman–Crippen MR) is 74.4 cm³/mol. The fourth-order valence-corrected chi connectivity index (χ4v) is 2.01. The molecule has 0 fully saturated rings. The van der Waals surface area contributed by atoms with Crippen molar-refractivity contribution in [2.45, 2.75) is 13.5 Å². The Morgan fingerprint density at radius 3 is 2.58 bits per heavy atom. The average Bonchev–Trinajstić information content (AvgIpc) is 2.41. The molecule has 0 radical (unpaired) electrons. The van der Waals surface area contributed by atoms with Crippen LogP contribution in [0.15, 0.2) is 42.5 Å². The molecule has 0 bridgehead atoms. The molecule has 0 unspecified atom stereocenters. The molecule has 0 amide bonds. The maximum atomic E-state index is 13.9. The minimum Gasteiger partial charge on any atom is -0.368 e. The number of aryl methyl sites for hydroxylation is 1. The van der Waals surface area contributed by atoms with Crippen molar-refractivity contribution in [3.05, 3.63) is 65.0 Å². The Bertz CT molecular complexity index is 629. The second-order valence-corrected chi connectivity index (χ2v) is 4.56. The lowest BCUT2D eigenvalue weighted by molar-refractivity contribution is 0.621. The number of nitriles is 1. The van der Waals surface area contributed by atoms with Gasteiger partial charge < -0.3 is 4.90 Å². The third kappa shape index (κ3) is 2.92. The Labute approximate surface area is 112 Å². The van der Waals surface area contributed by atoms with Crippen molar-refractivity contribution in [3.63, 3.8) is 0 Å². The van der Waals surface area contributed by atoms with Crippen LogP contribution in [0.3, 0.4) is 0 Å². The van der Waals surface area contributed by atoms with Crippen LogP contribution < -0.4 is 4.90 Å². The number of hydrogen-bond donors (Lipinski definition) is 0. The van der Waals surface area contributed by atoms with Gasteiger partial charge >= 0.3 is 0 Å². The van der Waals surface area contributed by atoms with Crippen molar-refractivity contribution in [2.24, 2.45) is 0 Å². The molecule has 96 valence electrons. The molecule has 2 aromatic rings. The summed E-state index contributed by atoms with van der Waals surface area (Å²) in [5.41, 5.74) is 3.19. The van der Waals surface area contributed by atoms with E-state index in [0.717, 1.165) is 5.56 Å². The van der Waals surface area contributed by atoms with E-state index in [1.165, 1.54) is 11.6 Å². The third-order valence-corrected chi connectivity index (χ3v) is 3.16. The van der Waals surface area contributed by atoms with Gasteiger partial charge in [0.1, 0.15) is 5.82 Å². The van der Waals surface area contributed by atoms with Crippen LogP contribution in [0.1, 0.15) is 16.7 Å². The summed E-state index contributed by atoms with van der Waals surface area (Å²) < 4.78 is 13.9. The van der Waals surface area contributed by atoms with Crippen molar-refractivity contribution in [1.29, 1.82) is 5.26 Å². The van der Waals surface area contributed by atoms with Crippen LogP contribution >= 0.6 is 0 Å². The van der Waals surface area contributed by atoms with Gasteiger partial charge in [0, 0.05) is 13.6 Å². The zero-order chi connectivity index (χ0) is 13.8. The zero-order valence-electron chi connectivity index (χ0n) is 11.0. The molecule has 2 aromatic carbocycles. The van der Waals surface area contributed by atoms with E-state index >= 15 is 0 Å². The van der Waals surface area contributed by atoms with Crippen LogP contribution in [0.2, 0.25) is 0 Å². The number of rotatable bonds is 3. The van der Waals surface area contributed by atoms with Crippen molar-refractivity contribution in [1.82, 2.24) is 0 Å². The first-order chi connectivity index (χ1) is 9.11. The number of hydrogen-bond acceptors (Lipinski definition) is 2. The third-order valence-electron chi connectivity index (χ3n) is 3.16. The van der Waals surface area contributed by atoms with Gasteiger partial charge in [-0.2, -0.15) is 5.26 Å². The van der Waals surface area contributed by atoms with E-state index in [-0.39, 0.29) is 5.82 Å². The normalized spacial score (nSPS) is 10.0. The van der Waals surface area contributed by atoms with E-state index in [1.54, 1.807) is 12.1 Å². The van der Waals surface area contributed by atoms with E-state index < -0.39 is 0 Å². The van der Waals surface area contributed by atoms with E-state index in [2.05, 4.69) is 0 Å². The van der Waals surface area contributed by atoms with Crippen LogP contribution in [-0.4, -0.2) is 7.05 Å². The molecule has 0 spiro atoms. The lowest BCUT2D eigenvalue weighted by Gasteiger charge is -2.21. The Hall–Kier alpha value is -2.34. The topological polar surface area (TPSA) is 27.0 Å². The lowest BCUT2D eigenvalue weighted by Crippen LogP contribution is -2.18. The molecule has 0 saturated heterocycles. The summed E-state index contributed by atoms with van der Waals surface area (Å²) in [5, 5.41) is 8.73. The quantitative estimate of drug-likeness (QED) is 0.836. The number of halogens is 1. The van der Waals surface area contributed by atoms with E-state index in [9.17, 15) is 4.39 Å². The van der Waals surface area contributed by atoms with Crippen LogP contribution in [0.4, 0.5) is 10.1 Å². The summed E-state index contributed by atoms with van der Waals surface area (Å²) in [5.74, 6) is -0.366. The van der Waals surface area contributed by atoms with Crippen molar-refractivity contribution >= 4 is 5.69 Å². The summed E-state index contributed by atoms with van der Waals surface area (Å²) in [6.07, 6.45) is 0. The highest BCUT2D eigenvalue weighted by molar-refractivity contribution is 5.51. The summed E-state index contributed by atoms with van der Waals surface area (Å²) in [4.78, 5) is 1.85. The molecule has 0 saturated carbocycles. The molecule has 0 N–H and O–H groups in total. The first-order valence-corrected chi connectivity index (χ1v) is 6.07. The van der Waals surface area contributed by atoms with Crippen molar-refractivity contribution in [2.75, 3.05) is 11.9 Å². The first kappa shape index (κ1) is 13.1. The molecular weight excluding hydrogens is 239 g/mol. The lowest BCUT2D eigenvalue weighted by atomic mass is 10.1. The second-order valence-electron chi connectivity index (χ2n) is 4.56. The smallest absolute Gasteiger partial charge is 0.147 e. The monoisotopic (exact) mass is 254 g/mol. The predicted octanol–water partition coefficient (Wildman–Crippen LogP) is 3.64. The molecule has 2 rings (SSSR count). The summed E-state index contributed by atoms with van der Waals surface area (Å²) in [6, 6.07) is 14.5. The zero-order valence-corrected chi connectivity index (χ0v) is 11.0. The van der Waals surface area contributed by atoms with E-state index in [4.69, 9.17) is 5.26 Å². The molecule has 0 aliphatic carbocycles. The Balaban J connectivity index is 2.24. The van der Waals surface area contributed by atoms with Crippen LogP contribution in [0, 0.1) is 24.1 Å². The Morgan fingerprint density at radius 2 is 1.95 bits per heavy atom. The first-order valence-electron chi connectivity index (χ1n) is 6.07. The van der Waals surface area contributed by atoms with Gasteiger partial charge in [-0.1, -0.05) is 24.3 Å². The standard InChI is InChI=1S/C16H15FN2/c1-12-5-3-4-6-14(12)11-19(2)16-8-7-13(10-18)9-15(16)17/h3-9H,11H2,1-2H3. The summed E-state index contributed by atoms with van der Waals surface area (Å²) in [7, 11) is 1.84. The minimum absolute atomic E-state index is 0.338. The molecule has 3 heteroatoms. The summed E-state index contributed by atoms with van der Waals surface area (Å²) in [6.45, 7) is 2.67. The van der Waals surface area contributed by atoms with Crippen molar-refractivity contribution in [3.8, 4) is 6.07 Å². The van der Waals surface area contributed by atoms with E-state index in [0.29, 0.717) is 17.8 Å². The van der Waals surface area contributed by atoms with Gasteiger partial charge in [-0.05, 0) is 36.2 Å². The second kappa shape index (κ2) is 5.53. The van der Waals surface area contributed by atoms with E-state index in [1.807, 2.05) is 49.2 Å². The molecule has 2 nitrogen and oxygen atoms in total. The average molecular weight is 254 g/mol. The van der Waals surface area contributed by atoms with Crippen molar-refractivity contribution < 1.29 is 4.39 Å². The highest BCUT2D eigenvalue weighted by atomic mass is 19.1. The molecule has 0 atom stereocenters. The van der Waals surface area contributed by atoms with Gasteiger partial charge in [0.05, 0.1) is 17.3 Å². The highest BCUT2D eigenvalue weighted by Gasteiger charge is 2.09. The molecular formula is C16H15FN2. The Kier molecular flexibility index (Phi) is 3.82. The number of nitrogens with zero attached hydrogens (tertiary/aromatic N) is 2. The van der Waals surface area contributed by atoms with Gasteiger partial charge in [-0.15, -0.1) is 0 Å². The molecule has 0 aliphatic rings. The SMILES string of the molecule is Cc1ccccc1CN(C)c1ccc(C#N)cc1F. The molecule has 0 aromatic heterocycles. The van der Waals surface area contributed by atoms with Gasteiger partial charge in [-0.25, -0.2) is 4.39 Å². The number of anilines is 1. The fourth-order valence-electron chi connectivity index (χ4n) is 2.01. The molecule has 0 aliphatic heterocycles. The van der Waals surface area contributed by atoms with Gasteiger partial charge in [-0.3, -0.25) is 0 Å². The van der Waals surface area contributed by atoms with Gasteiger partial charge in [0.15, 0.2) is 0 Å². The fraction of sp³-hybridized carbons (Fsp3) is 0.188. The van der Waals surface area contributed by atoms with Crippen LogP contribution in [-0.2, 0) is 6.54 Å². The van der Waals surface area contributed by atoms with Crippen LogP contribution in [0.25, 0.3) is 0 Å².